The van der Waals surface area contributed by atoms with Crippen molar-refractivity contribution in [3.8, 4) is 0 Å². The molecule has 2 aromatic carbocycles. The summed E-state index contributed by atoms with van der Waals surface area (Å²) in [7, 11) is 0. The monoisotopic (exact) mass is 308 g/mol. The summed E-state index contributed by atoms with van der Waals surface area (Å²) >= 11 is 0. The molecule has 0 saturated carbocycles. The number of ether oxygens (including phenoxy) is 2. The van der Waals surface area contributed by atoms with Gasteiger partial charge in [-0.1, -0.05) is 60.7 Å². The standard InChI is InChI=1S/C17H15F3O2/c18-17(19,20)16-15(13-9-5-2-6-10-13)21-14(22-16)11-12-7-3-1-4-8-12/h1-10,14-16H,11H2/t14-,15-,16-/m0/s1. The van der Waals surface area contributed by atoms with Crippen LogP contribution < -0.4 is 0 Å². The zero-order valence-corrected chi connectivity index (χ0v) is 11.7. The Morgan fingerprint density at radius 1 is 0.818 bits per heavy atom. The predicted molar refractivity (Wildman–Crippen MR) is 75.1 cm³/mol. The minimum atomic E-state index is -4.47. The van der Waals surface area contributed by atoms with Crippen LogP contribution in [0.3, 0.4) is 0 Å². The van der Waals surface area contributed by atoms with E-state index in [1.54, 1.807) is 30.3 Å². The molecular weight excluding hydrogens is 293 g/mol. The number of hydrogen-bond donors (Lipinski definition) is 0. The fourth-order valence-electron chi connectivity index (χ4n) is 2.55. The Kier molecular flexibility index (Phi) is 4.18. The highest BCUT2D eigenvalue weighted by atomic mass is 19.4. The summed E-state index contributed by atoms with van der Waals surface area (Å²) in [5.74, 6) is 0. The first-order chi connectivity index (χ1) is 10.5. The molecule has 22 heavy (non-hydrogen) atoms. The van der Waals surface area contributed by atoms with Crippen molar-refractivity contribution in [2.75, 3.05) is 0 Å². The lowest BCUT2D eigenvalue weighted by molar-refractivity contribution is -0.218. The van der Waals surface area contributed by atoms with Crippen LogP contribution in [0.5, 0.6) is 0 Å². The second-order valence-electron chi connectivity index (χ2n) is 5.18. The molecule has 0 bridgehead atoms. The van der Waals surface area contributed by atoms with Crippen LogP contribution in [0.15, 0.2) is 60.7 Å². The molecular formula is C17H15F3O2. The summed E-state index contributed by atoms with van der Waals surface area (Å²) in [5.41, 5.74) is 1.35. The maximum absolute atomic E-state index is 13.2. The van der Waals surface area contributed by atoms with Crippen molar-refractivity contribution in [3.63, 3.8) is 0 Å². The average Bonchev–Trinajstić information content (AvgIpc) is 2.93. The molecule has 0 spiro atoms. The first-order valence-electron chi connectivity index (χ1n) is 7.00. The Balaban J connectivity index is 1.80. The third-order valence-corrected chi connectivity index (χ3v) is 3.57. The highest BCUT2D eigenvalue weighted by Crippen LogP contribution is 2.41. The number of benzene rings is 2. The van der Waals surface area contributed by atoms with Gasteiger partial charge < -0.3 is 9.47 Å². The van der Waals surface area contributed by atoms with Crippen LogP contribution in [0, 0.1) is 0 Å². The summed E-state index contributed by atoms with van der Waals surface area (Å²) in [5, 5.41) is 0. The number of rotatable bonds is 3. The van der Waals surface area contributed by atoms with Crippen LogP contribution in [0.1, 0.15) is 17.2 Å². The van der Waals surface area contributed by atoms with Crippen LogP contribution in [-0.2, 0) is 15.9 Å². The molecule has 3 atom stereocenters. The maximum Gasteiger partial charge on any atom is 0.417 e. The molecule has 0 aromatic heterocycles. The molecule has 0 aliphatic carbocycles. The van der Waals surface area contributed by atoms with E-state index in [1.807, 2.05) is 30.3 Å². The SMILES string of the molecule is FC(F)(F)[C@H]1O[C@@H](Cc2ccccc2)O[C@H]1c1ccccc1. The van der Waals surface area contributed by atoms with Gasteiger partial charge in [0.2, 0.25) is 0 Å². The summed E-state index contributed by atoms with van der Waals surface area (Å²) in [6.07, 6.45) is -8.15. The number of alkyl halides is 3. The maximum atomic E-state index is 13.2. The summed E-state index contributed by atoms with van der Waals surface area (Å²) in [6.45, 7) is 0. The van der Waals surface area contributed by atoms with E-state index in [1.165, 1.54) is 0 Å². The highest BCUT2D eigenvalue weighted by molar-refractivity contribution is 5.21. The molecule has 0 unspecified atom stereocenters. The van der Waals surface area contributed by atoms with Gasteiger partial charge in [0.25, 0.3) is 0 Å². The van der Waals surface area contributed by atoms with E-state index in [0.29, 0.717) is 5.56 Å². The molecule has 0 radical (unpaired) electrons. The van der Waals surface area contributed by atoms with E-state index >= 15 is 0 Å². The van der Waals surface area contributed by atoms with Crippen LogP contribution in [0.4, 0.5) is 13.2 Å². The summed E-state index contributed by atoms with van der Waals surface area (Å²) in [6, 6.07) is 17.6. The second-order valence-corrected chi connectivity index (χ2v) is 5.18. The van der Waals surface area contributed by atoms with Gasteiger partial charge in [-0.05, 0) is 11.1 Å². The van der Waals surface area contributed by atoms with E-state index in [9.17, 15) is 13.2 Å². The molecule has 1 aliphatic heterocycles. The first-order valence-corrected chi connectivity index (χ1v) is 7.00. The Hall–Kier alpha value is -1.85. The Bertz CT molecular complexity index is 598. The van der Waals surface area contributed by atoms with Gasteiger partial charge in [-0.25, -0.2) is 0 Å². The Labute approximate surface area is 126 Å². The van der Waals surface area contributed by atoms with Crippen molar-refractivity contribution in [3.05, 3.63) is 71.8 Å². The van der Waals surface area contributed by atoms with Crippen molar-refractivity contribution in [1.29, 1.82) is 0 Å². The van der Waals surface area contributed by atoms with Gasteiger partial charge >= 0.3 is 6.18 Å². The zero-order chi connectivity index (χ0) is 15.6. The van der Waals surface area contributed by atoms with E-state index in [-0.39, 0.29) is 6.42 Å². The fraction of sp³-hybridized carbons (Fsp3) is 0.294. The first kappa shape index (κ1) is 15.1. The van der Waals surface area contributed by atoms with Crippen molar-refractivity contribution >= 4 is 0 Å². The van der Waals surface area contributed by atoms with Crippen molar-refractivity contribution in [1.82, 2.24) is 0 Å². The number of hydrogen-bond acceptors (Lipinski definition) is 2. The van der Waals surface area contributed by atoms with Gasteiger partial charge in [0.05, 0.1) is 0 Å². The van der Waals surface area contributed by atoms with Crippen LogP contribution in [0.25, 0.3) is 0 Å². The third kappa shape index (κ3) is 3.31. The summed E-state index contributed by atoms with van der Waals surface area (Å²) < 4.78 is 50.3. The molecule has 2 nitrogen and oxygen atoms in total. The Morgan fingerprint density at radius 3 is 2.00 bits per heavy atom. The molecule has 2 aromatic rings. The van der Waals surface area contributed by atoms with Gasteiger partial charge in [-0.15, -0.1) is 0 Å². The topological polar surface area (TPSA) is 18.5 Å². The molecule has 5 heteroatoms. The molecule has 0 N–H and O–H groups in total. The van der Waals surface area contributed by atoms with Gasteiger partial charge in [0.15, 0.2) is 12.4 Å². The Morgan fingerprint density at radius 2 is 1.41 bits per heavy atom. The lowest BCUT2D eigenvalue weighted by Gasteiger charge is -2.19. The predicted octanol–water partition coefficient (Wildman–Crippen LogP) is 4.27. The van der Waals surface area contributed by atoms with Crippen molar-refractivity contribution in [2.45, 2.75) is 31.1 Å². The van der Waals surface area contributed by atoms with Crippen molar-refractivity contribution in [2.24, 2.45) is 0 Å². The summed E-state index contributed by atoms with van der Waals surface area (Å²) in [4.78, 5) is 0. The molecule has 1 fully saturated rings. The number of halogens is 3. The molecule has 116 valence electrons. The molecule has 3 rings (SSSR count). The highest BCUT2D eigenvalue weighted by Gasteiger charge is 2.53. The van der Waals surface area contributed by atoms with Gasteiger partial charge in [-0.3, -0.25) is 0 Å². The van der Waals surface area contributed by atoms with Gasteiger partial charge in [0, 0.05) is 6.42 Å². The quantitative estimate of drug-likeness (QED) is 0.843. The van der Waals surface area contributed by atoms with E-state index in [4.69, 9.17) is 9.47 Å². The van der Waals surface area contributed by atoms with Gasteiger partial charge in [0.1, 0.15) is 6.10 Å². The molecule has 0 amide bonds. The van der Waals surface area contributed by atoms with Crippen LogP contribution in [0.2, 0.25) is 0 Å². The van der Waals surface area contributed by atoms with E-state index in [0.717, 1.165) is 5.56 Å². The minimum Gasteiger partial charge on any atom is -0.341 e. The second kappa shape index (κ2) is 6.10. The van der Waals surface area contributed by atoms with E-state index in [2.05, 4.69) is 0 Å². The average molecular weight is 308 g/mol. The fourth-order valence-corrected chi connectivity index (χ4v) is 2.55. The third-order valence-electron chi connectivity index (χ3n) is 3.57. The van der Waals surface area contributed by atoms with Crippen molar-refractivity contribution < 1.29 is 22.6 Å². The lowest BCUT2D eigenvalue weighted by atomic mass is 10.0. The van der Waals surface area contributed by atoms with Gasteiger partial charge in [-0.2, -0.15) is 13.2 Å². The van der Waals surface area contributed by atoms with Crippen LogP contribution >= 0.6 is 0 Å². The van der Waals surface area contributed by atoms with E-state index < -0.39 is 24.7 Å². The zero-order valence-electron chi connectivity index (χ0n) is 11.7. The van der Waals surface area contributed by atoms with Crippen LogP contribution in [-0.4, -0.2) is 18.6 Å². The largest absolute Gasteiger partial charge is 0.417 e. The molecule has 1 aliphatic rings. The minimum absolute atomic E-state index is 0.288. The molecule has 1 saturated heterocycles. The normalized spacial score (nSPS) is 25.3. The smallest absolute Gasteiger partial charge is 0.341 e. The lowest BCUT2D eigenvalue weighted by Crippen LogP contribution is -2.33. The molecule has 1 heterocycles.